The number of aromatic nitrogens is 3. The van der Waals surface area contributed by atoms with Gasteiger partial charge in [0.25, 0.3) is 0 Å². The maximum Gasteiger partial charge on any atom is 0.136 e. The lowest BCUT2D eigenvalue weighted by molar-refractivity contribution is 0.568. The van der Waals surface area contributed by atoms with E-state index in [2.05, 4.69) is 38.2 Å². The molecule has 1 aliphatic heterocycles. The molecule has 2 heterocycles. The number of halogens is 2. The van der Waals surface area contributed by atoms with E-state index in [4.69, 9.17) is 0 Å². The van der Waals surface area contributed by atoms with Crippen molar-refractivity contribution in [2.75, 3.05) is 6.54 Å². The van der Waals surface area contributed by atoms with Gasteiger partial charge in [0.2, 0.25) is 0 Å². The Bertz CT molecular complexity index is 608. The molecule has 0 spiro atoms. The fourth-order valence-electron chi connectivity index (χ4n) is 2.31. The van der Waals surface area contributed by atoms with Gasteiger partial charge in [-0.15, -0.1) is 5.10 Å². The summed E-state index contributed by atoms with van der Waals surface area (Å²) in [5, 5.41) is 10.9. The number of benzene rings is 1. The molecule has 3 rings (SSSR count). The minimum Gasteiger partial charge on any atom is -0.312 e. The summed E-state index contributed by atoms with van der Waals surface area (Å²) in [6.45, 7) is 1.57. The van der Waals surface area contributed by atoms with Gasteiger partial charge in [0, 0.05) is 22.7 Å². The van der Waals surface area contributed by atoms with E-state index < -0.39 is 0 Å². The second kappa shape index (κ2) is 4.58. The molecule has 1 aromatic carbocycles. The van der Waals surface area contributed by atoms with Gasteiger partial charge in [-0.3, -0.25) is 0 Å². The third kappa shape index (κ3) is 1.83. The van der Waals surface area contributed by atoms with Crippen molar-refractivity contribution in [1.82, 2.24) is 20.3 Å². The Balaban J connectivity index is 2.23. The van der Waals surface area contributed by atoms with Gasteiger partial charge in [0.15, 0.2) is 0 Å². The number of fused-ring (bicyclic) bond motifs is 1. The summed E-state index contributed by atoms with van der Waals surface area (Å²) in [6, 6.07) is 1.88. The van der Waals surface area contributed by atoms with Gasteiger partial charge in [-0.1, -0.05) is 5.21 Å². The first-order valence-corrected chi connectivity index (χ1v) is 6.82. The van der Waals surface area contributed by atoms with Crippen molar-refractivity contribution in [2.45, 2.75) is 13.0 Å². The monoisotopic (exact) mass is 358 g/mol. The van der Waals surface area contributed by atoms with E-state index in [1.54, 1.807) is 17.9 Å². The first-order valence-electron chi connectivity index (χ1n) is 5.74. The highest BCUT2D eigenvalue weighted by Crippen LogP contribution is 2.31. The van der Waals surface area contributed by atoms with Crippen molar-refractivity contribution in [3.05, 3.63) is 32.8 Å². The summed E-state index contributed by atoms with van der Waals surface area (Å²) >= 11 is 2.27. The summed E-state index contributed by atoms with van der Waals surface area (Å²) in [4.78, 5) is 0. The smallest absolute Gasteiger partial charge is 0.136 e. The third-order valence-electron chi connectivity index (χ3n) is 3.27. The molecule has 0 fully saturated rings. The van der Waals surface area contributed by atoms with Crippen molar-refractivity contribution in [2.24, 2.45) is 7.05 Å². The minimum absolute atomic E-state index is 0.127. The summed E-state index contributed by atoms with van der Waals surface area (Å²) in [5.74, 6) is -0.127. The van der Waals surface area contributed by atoms with Gasteiger partial charge >= 0.3 is 0 Å². The molecule has 0 atom stereocenters. The minimum atomic E-state index is -0.127. The second-order valence-corrected chi connectivity index (χ2v) is 5.51. The molecule has 0 radical (unpaired) electrons. The van der Waals surface area contributed by atoms with E-state index in [9.17, 15) is 4.39 Å². The number of hydrogen-bond acceptors (Lipinski definition) is 3. The number of rotatable bonds is 1. The molecule has 4 nitrogen and oxygen atoms in total. The van der Waals surface area contributed by atoms with Crippen molar-refractivity contribution in [3.63, 3.8) is 0 Å². The zero-order chi connectivity index (χ0) is 12.7. The topological polar surface area (TPSA) is 42.7 Å². The highest BCUT2D eigenvalue weighted by atomic mass is 127. The zero-order valence-corrected chi connectivity index (χ0v) is 12.0. The van der Waals surface area contributed by atoms with Gasteiger partial charge in [-0.05, 0) is 52.7 Å². The number of nitrogens with zero attached hydrogens (tertiary/aromatic N) is 3. The Morgan fingerprint density at radius 2 is 2.28 bits per heavy atom. The molecule has 1 aliphatic rings. The van der Waals surface area contributed by atoms with Crippen molar-refractivity contribution in [1.29, 1.82) is 0 Å². The Labute approximate surface area is 118 Å². The molecule has 0 saturated carbocycles. The molecular weight excluding hydrogens is 346 g/mol. The van der Waals surface area contributed by atoms with Crippen LogP contribution >= 0.6 is 22.6 Å². The Hall–Kier alpha value is -1.02. The maximum atomic E-state index is 14.6. The van der Waals surface area contributed by atoms with Crippen LogP contribution in [0.3, 0.4) is 0 Å². The van der Waals surface area contributed by atoms with Crippen molar-refractivity contribution < 1.29 is 4.39 Å². The van der Waals surface area contributed by atoms with Gasteiger partial charge in [0.05, 0.1) is 11.9 Å². The van der Waals surface area contributed by atoms with E-state index in [1.165, 1.54) is 0 Å². The number of aryl methyl sites for hydroxylation is 1. The van der Waals surface area contributed by atoms with E-state index in [1.807, 2.05) is 6.07 Å². The quantitative estimate of drug-likeness (QED) is 0.792. The number of nitrogens with one attached hydrogen (secondary N) is 1. The van der Waals surface area contributed by atoms with Gasteiger partial charge in [0.1, 0.15) is 5.82 Å². The van der Waals surface area contributed by atoms with Crippen LogP contribution in [0.5, 0.6) is 0 Å². The largest absolute Gasteiger partial charge is 0.312 e. The van der Waals surface area contributed by atoms with E-state index in [0.29, 0.717) is 11.3 Å². The van der Waals surface area contributed by atoms with Crippen LogP contribution in [-0.2, 0) is 20.0 Å². The van der Waals surface area contributed by atoms with E-state index in [0.717, 1.165) is 34.2 Å². The lowest BCUT2D eigenvalue weighted by Gasteiger charge is -2.21. The van der Waals surface area contributed by atoms with Crippen LogP contribution < -0.4 is 5.32 Å². The Morgan fingerprint density at radius 1 is 1.44 bits per heavy atom. The highest BCUT2D eigenvalue weighted by molar-refractivity contribution is 14.1. The SMILES string of the molecule is Cn1nncc1-c1cc(I)c2c(c1F)CCNC2. The zero-order valence-electron chi connectivity index (χ0n) is 9.87. The van der Waals surface area contributed by atoms with Gasteiger partial charge in [-0.2, -0.15) is 0 Å². The van der Waals surface area contributed by atoms with Gasteiger partial charge in [-0.25, -0.2) is 9.07 Å². The van der Waals surface area contributed by atoms with Crippen molar-refractivity contribution >= 4 is 22.6 Å². The molecule has 2 aromatic rings. The Kier molecular flexibility index (Phi) is 3.06. The van der Waals surface area contributed by atoms with Crippen LogP contribution in [0.25, 0.3) is 11.3 Å². The summed E-state index contributed by atoms with van der Waals surface area (Å²) < 4.78 is 17.3. The van der Waals surface area contributed by atoms with Crippen LogP contribution in [0.4, 0.5) is 4.39 Å². The molecule has 6 heteroatoms. The van der Waals surface area contributed by atoms with Crippen molar-refractivity contribution in [3.8, 4) is 11.3 Å². The highest BCUT2D eigenvalue weighted by Gasteiger charge is 2.21. The Morgan fingerprint density at radius 3 is 3.00 bits per heavy atom. The lowest BCUT2D eigenvalue weighted by Crippen LogP contribution is -2.25. The van der Waals surface area contributed by atoms with Gasteiger partial charge < -0.3 is 5.32 Å². The average Bonchev–Trinajstić information content (AvgIpc) is 2.80. The molecule has 1 aromatic heterocycles. The normalized spacial score (nSPS) is 14.6. The molecular formula is C12H12FIN4. The third-order valence-corrected chi connectivity index (χ3v) is 4.23. The van der Waals surface area contributed by atoms with E-state index in [-0.39, 0.29) is 5.82 Å². The molecule has 0 unspecified atom stereocenters. The fourth-order valence-corrected chi connectivity index (χ4v) is 3.14. The number of hydrogen-bond donors (Lipinski definition) is 1. The summed E-state index contributed by atoms with van der Waals surface area (Å²) in [6.07, 6.45) is 2.33. The maximum absolute atomic E-state index is 14.6. The van der Waals surface area contributed by atoms with E-state index >= 15 is 0 Å². The second-order valence-electron chi connectivity index (χ2n) is 4.35. The first-order chi connectivity index (χ1) is 8.68. The molecule has 0 amide bonds. The average molecular weight is 358 g/mol. The molecule has 0 saturated heterocycles. The molecule has 18 heavy (non-hydrogen) atoms. The first kappa shape index (κ1) is 12.0. The standard InChI is InChI=1S/C12H12FIN4/c1-18-11(6-16-17-18)8-4-10(14)9-5-15-3-2-7(9)12(8)13/h4,6,15H,2-3,5H2,1H3. The predicted octanol–water partition coefficient (Wildman–Crippen LogP) is 1.87. The molecule has 94 valence electrons. The lowest BCUT2D eigenvalue weighted by atomic mass is 9.96. The molecule has 0 bridgehead atoms. The summed E-state index contributed by atoms with van der Waals surface area (Å²) in [7, 11) is 1.77. The summed E-state index contributed by atoms with van der Waals surface area (Å²) in [5.41, 5.74) is 3.22. The van der Waals surface area contributed by atoms with Crippen LogP contribution in [0.1, 0.15) is 11.1 Å². The molecule has 0 aliphatic carbocycles. The fraction of sp³-hybridized carbons (Fsp3) is 0.333. The van der Waals surface area contributed by atoms with Crippen LogP contribution in [0, 0.1) is 9.39 Å². The van der Waals surface area contributed by atoms with Crippen LogP contribution in [-0.4, -0.2) is 21.5 Å². The van der Waals surface area contributed by atoms with Crippen LogP contribution in [0.2, 0.25) is 0 Å². The molecule has 1 N–H and O–H groups in total. The predicted molar refractivity (Wildman–Crippen MR) is 74.5 cm³/mol. The van der Waals surface area contributed by atoms with Crippen LogP contribution in [0.15, 0.2) is 12.3 Å².